The summed E-state index contributed by atoms with van der Waals surface area (Å²) in [6.07, 6.45) is 1.52. The molecule has 2 heterocycles. The molecule has 0 atom stereocenters. The zero-order valence-electron chi connectivity index (χ0n) is 17.2. The Bertz CT molecular complexity index is 1220. The molecule has 0 unspecified atom stereocenters. The number of aromatic nitrogens is 3. The number of nitrogens with one attached hydrogen (secondary N) is 1. The van der Waals surface area contributed by atoms with Gasteiger partial charge in [-0.25, -0.2) is 28.1 Å². The molecule has 3 N–H and O–H groups in total. The average molecular weight is 486 g/mol. The topological polar surface area (TPSA) is 129 Å². The normalized spacial score (nSPS) is 11.8. The van der Waals surface area contributed by atoms with Crippen LogP contribution in [-0.4, -0.2) is 42.8 Å². The van der Waals surface area contributed by atoms with Gasteiger partial charge in [-0.2, -0.15) is 0 Å². The first-order chi connectivity index (χ1) is 14.6. The highest BCUT2D eigenvalue weighted by molar-refractivity contribution is 7.90. The van der Waals surface area contributed by atoms with Gasteiger partial charge in [0.05, 0.1) is 53.0 Å². The molecule has 1 aromatic carbocycles. The monoisotopic (exact) mass is 485 g/mol. The van der Waals surface area contributed by atoms with Crippen molar-refractivity contribution >= 4 is 50.1 Å². The van der Waals surface area contributed by atoms with Crippen LogP contribution in [-0.2, 0) is 16.6 Å². The first-order valence-corrected chi connectivity index (χ1v) is 11.4. The number of benzene rings is 1. The average Bonchev–Trinajstić information content (AvgIpc) is 2.72. The molecule has 3 aromatic rings. The summed E-state index contributed by atoms with van der Waals surface area (Å²) in [6.45, 7) is 3.04. The van der Waals surface area contributed by atoms with Crippen molar-refractivity contribution < 1.29 is 17.9 Å². The third-order valence-electron chi connectivity index (χ3n) is 4.55. The van der Waals surface area contributed by atoms with Crippen LogP contribution in [0.1, 0.15) is 19.5 Å². The Morgan fingerprint density at radius 3 is 2.26 bits per heavy atom. The summed E-state index contributed by atoms with van der Waals surface area (Å²) < 4.78 is 37.7. The molecule has 0 aliphatic carbocycles. The van der Waals surface area contributed by atoms with E-state index in [0.29, 0.717) is 39.4 Å². The molecule has 0 spiro atoms. The van der Waals surface area contributed by atoms with E-state index in [2.05, 4.69) is 19.7 Å². The fourth-order valence-electron chi connectivity index (χ4n) is 2.82. The second-order valence-electron chi connectivity index (χ2n) is 6.82. The van der Waals surface area contributed by atoms with Gasteiger partial charge in [0.2, 0.25) is 16.0 Å². The molecule has 31 heavy (non-hydrogen) atoms. The molecule has 0 bridgehead atoms. The quantitative estimate of drug-likeness (QED) is 0.520. The van der Waals surface area contributed by atoms with E-state index in [-0.39, 0.29) is 22.5 Å². The first kappa shape index (κ1) is 23.3. The number of hydrogen-bond acceptors (Lipinski definition) is 8. The lowest BCUT2D eigenvalue weighted by Crippen LogP contribution is -2.30. The van der Waals surface area contributed by atoms with Crippen LogP contribution in [0, 0.1) is 0 Å². The number of halogens is 2. The first-order valence-electron chi connectivity index (χ1n) is 9.10. The van der Waals surface area contributed by atoms with E-state index in [0.717, 1.165) is 0 Å². The molecule has 0 saturated carbocycles. The van der Waals surface area contributed by atoms with E-state index in [1.54, 1.807) is 26.0 Å². The van der Waals surface area contributed by atoms with Crippen molar-refractivity contribution in [2.24, 2.45) is 0 Å². The second-order valence-corrected chi connectivity index (χ2v) is 9.90. The van der Waals surface area contributed by atoms with Gasteiger partial charge in [-0.1, -0.05) is 23.2 Å². The molecule has 0 aliphatic heterocycles. The van der Waals surface area contributed by atoms with E-state index < -0.39 is 15.3 Å². The predicted octanol–water partition coefficient (Wildman–Crippen LogP) is 3.43. The van der Waals surface area contributed by atoms with Crippen LogP contribution < -0.4 is 19.9 Å². The maximum absolute atomic E-state index is 12.3. The summed E-state index contributed by atoms with van der Waals surface area (Å²) in [5.41, 5.74) is 7.21. The number of pyridine rings is 1. The SMILES string of the molecule is COc1cc(OC)c(Cl)c(-c2cc3cnc(N)nc3c(CNS(=O)(=O)C(C)C)n2)c1Cl. The maximum Gasteiger partial charge on any atom is 0.220 e. The Morgan fingerprint density at radius 2 is 1.71 bits per heavy atom. The number of nitrogen functional groups attached to an aromatic ring is 1. The molecule has 12 heteroatoms. The van der Waals surface area contributed by atoms with E-state index in [1.165, 1.54) is 20.4 Å². The molecular formula is C19H21Cl2N5O4S. The number of nitrogens with zero attached hydrogens (tertiary/aromatic N) is 3. The number of methoxy groups -OCH3 is 2. The van der Waals surface area contributed by atoms with Gasteiger partial charge in [0.1, 0.15) is 11.5 Å². The van der Waals surface area contributed by atoms with Crippen LogP contribution in [0.2, 0.25) is 10.0 Å². The van der Waals surface area contributed by atoms with Gasteiger partial charge in [-0.05, 0) is 19.9 Å². The van der Waals surface area contributed by atoms with Crippen molar-refractivity contribution in [1.82, 2.24) is 19.7 Å². The van der Waals surface area contributed by atoms with Crippen LogP contribution in [0.3, 0.4) is 0 Å². The number of sulfonamides is 1. The van der Waals surface area contributed by atoms with Crippen molar-refractivity contribution in [1.29, 1.82) is 0 Å². The third kappa shape index (κ3) is 4.62. The Hall–Kier alpha value is -2.40. The fourth-order valence-corrected chi connectivity index (χ4v) is 4.18. The van der Waals surface area contributed by atoms with Crippen LogP contribution in [0.25, 0.3) is 22.2 Å². The van der Waals surface area contributed by atoms with Gasteiger partial charge >= 0.3 is 0 Å². The maximum atomic E-state index is 12.3. The molecular weight excluding hydrogens is 465 g/mol. The molecule has 0 saturated heterocycles. The summed E-state index contributed by atoms with van der Waals surface area (Å²) in [4.78, 5) is 12.8. The Balaban J connectivity index is 2.25. The number of rotatable bonds is 7. The molecule has 0 radical (unpaired) electrons. The fraction of sp³-hybridized carbons (Fsp3) is 0.316. The van der Waals surface area contributed by atoms with Gasteiger partial charge in [-0.3, -0.25) is 0 Å². The van der Waals surface area contributed by atoms with Crippen LogP contribution in [0.5, 0.6) is 11.5 Å². The summed E-state index contributed by atoms with van der Waals surface area (Å²) in [5, 5.41) is 0.412. The standard InChI is InChI=1S/C19H21Cl2N5O4S/c1-9(2)31(27,28)24-8-12-18-10(7-23-19(22)26-18)5-11(25-12)15-16(20)13(29-3)6-14(30-4)17(15)21/h5-7,9,24H,8H2,1-4H3,(H2,22,23,26). The summed E-state index contributed by atoms with van der Waals surface area (Å²) in [5.74, 6) is 0.722. The lowest BCUT2D eigenvalue weighted by Gasteiger charge is -2.16. The van der Waals surface area contributed by atoms with Crippen molar-refractivity contribution in [2.75, 3.05) is 20.0 Å². The Morgan fingerprint density at radius 1 is 1.10 bits per heavy atom. The van der Waals surface area contributed by atoms with E-state index in [4.69, 9.17) is 38.4 Å². The molecule has 3 rings (SSSR count). The zero-order chi connectivity index (χ0) is 22.9. The smallest absolute Gasteiger partial charge is 0.220 e. The van der Waals surface area contributed by atoms with Crippen molar-refractivity contribution in [3.8, 4) is 22.8 Å². The summed E-state index contributed by atoms with van der Waals surface area (Å²) in [7, 11) is -0.613. The third-order valence-corrected chi connectivity index (χ3v) is 7.09. The molecule has 9 nitrogen and oxygen atoms in total. The van der Waals surface area contributed by atoms with Crippen molar-refractivity contribution in [3.63, 3.8) is 0 Å². The van der Waals surface area contributed by atoms with Gasteiger partial charge in [0, 0.05) is 23.2 Å². The van der Waals surface area contributed by atoms with Crippen molar-refractivity contribution in [2.45, 2.75) is 25.6 Å². The minimum Gasteiger partial charge on any atom is -0.495 e. The number of anilines is 1. The zero-order valence-corrected chi connectivity index (χ0v) is 19.6. The second kappa shape index (κ2) is 8.99. The van der Waals surface area contributed by atoms with Crippen LogP contribution >= 0.6 is 23.2 Å². The highest BCUT2D eigenvalue weighted by atomic mass is 35.5. The molecule has 0 amide bonds. The number of hydrogen-bond donors (Lipinski definition) is 2. The Labute approximate surface area is 190 Å². The van der Waals surface area contributed by atoms with E-state index >= 15 is 0 Å². The van der Waals surface area contributed by atoms with Gasteiger partial charge in [0.15, 0.2) is 0 Å². The molecule has 2 aromatic heterocycles. The van der Waals surface area contributed by atoms with Gasteiger partial charge in [-0.15, -0.1) is 0 Å². The number of fused-ring (bicyclic) bond motifs is 1. The highest BCUT2D eigenvalue weighted by Gasteiger charge is 2.22. The summed E-state index contributed by atoms with van der Waals surface area (Å²) >= 11 is 13.1. The Kier molecular flexibility index (Phi) is 6.75. The van der Waals surface area contributed by atoms with Crippen LogP contribution in [0.4, 0.5) is 5.95 Å². The minimum absolute atomic E-state index is 0.0362. The van der Waals surface area contributed by atoms with Crippen LogP contribution in [0.15, 0.2) is 18.3 Å². The number of ether oxygens (including phenoxy) is 2. The highest BCUT2D eigenvalue weighted by Crippen LogP contribution is 2.45. The largest absolute Gasteiger partial charge is 0.495 e. The number of nitrogens with two attached hydrogens (primary N) is 1. The van der Waals surface area contributed by atoms with Gasteiger partial charge < -0.3 is 15.2 Å². The summed E-state index contributed by atoms with van der Waals surface area (Å²) in [6, 6.07) is 3.25. The lowest BCUT2D eigenvalue weighted by molar-refractivity contribution is 0.395. The molecule has 0 fully saturated rings. The van der Waals surface area contributed by atoms with E-state index in [9.17, 15) is 8.42 Å². The van der Waals surface area contributed by atoms with Crippen molar-refractivity contribution in [3.05, 3.63) is 34.1 Å². The predicted molar refractivity (Wildman–Crippen MR) is 121 cm³/mol. The lowest BCUT2D eigenvalue weighted by atomic mass is 10.1. The van der Waals surface area contributed by atoms with Gasteiger partial charge in [0.25, 0.3) is 0 Å². The minimum atomic E-state index is -3.55. The molecule has 166 valence electrons. The molecule has 0 aliphatic rings. The van der Waals surface area contributed by atoms with E-state index in [1.807, 2.05) is 0 Å².